The lowest BCUT2D eigenvalue weighted by Crippen LogP contribution is -2.32. The molecular weight excluding hydrogens is 334 g/mol. The first-order valence-electron chi connectivity index (χ1n) is 7.71. The van der Waals surface area contributed by atoms with Crippen LogP contribution in [-0.2, 0) is 14.8 Å². The molecule has 0 spiro atoms. The number of nitrogens with one attached hydrogen (secondary N) is 2. The number of hydrogen-bond acceptors (Lipinski definition) is 5. The highest BCUT2D eigenvalue weighted by molar-refractivity contribution is 7.89. The van der Waals surface area contributed by atoms with Gasteiger partial charge < -0.3 is 20.1 Å². The fourth-order valence-electron chi connectivity index (χ4n) is 2.46. The molecule has 2 rings (SSSR count). The molecule has 1 aromatic rings. The highest BCUT2D eigenvalue weighted by atomic mass is 32.2. The molecule has 1 aliphatic rings. The highest BCUT2D eigenvalue weighted by Crippen LogP contribution is 2.30. The molecule has 0 unspecified atom stereocenters. The molecule has 0 atom stereocenters. The van der Waals surface area contributed by atoms with E-state index in [2.05, 4.69) is 10.6 Å². The fourth-order valence-corrected chi connectivity index (χ4v) is 4.00. The molecule has 0 aromatic heterocycles. The van der Waals surface area contributed by atoms with Crippen LogP contribution in [0.1, 0.15) is 12.8 Å². The third-order valence-electron chi connectivity index (χ3n) is 3.71. The Hall–Kier alpha value is -1.84. The minimum Gasteiger partial charge on any atom is -0.495 e. The van der Waals surface area contributed by atoms with Gasteiger partial charge in [-0.05, 0) is 31.0 Å². The maximum Gasteiger partial charge on any atom is 0.319 e. The maximum absolute atomic E-state index is 12.6. The number of sulfonamides is 1. The number of rotatable bonds is 7. The second-order valence-corrected chi connectivity index (χ2v) is 7.28. The van der Waals surface area contributed by atoms with Gasteiger partial charge in [0.15, 0.2) is 0 Å². The molecule has 2 amide bonds. The molecule has 1 heterocycles. The Morgan fingerprint density at radius 1 is 1.25 bits per heavy atom. The average Bonchev–Trinajstić information content (AvgIpc) is 3.10. The number of anilines is 1. The molecule has 1 aromatic carbocycles. The van der Waals surface area contributed by atoms with Crippen molar-refractivity contribution in [2.45, 2.75) is 17.7 Å². The van der Waals surface area contributed by atoms with Crippen molar-refractivity contribution in [3.8, 4) is 5.75 Å². The standard InChI is InChI=1S/C15H23N3O5S/c1-22-10-7-16-15(19)17-13-11-12(5-6-14(13)23-2)24(20,21)18-8-3-4-9-18/h5-6,11H,3-4,7-10H2,1-2H3,(H2,16,17,19). The Bertz CT molecular complexity index is 672. The van der Waals surface area contributed by atoms with Gasteiger partial charge in [-0.25, -0.2) is 13.2 Å². The third kappa shape index (κ3) is 4.37. The van der Waals surface area contributed by atoms with Crippen molar-refractivity contribution in [1.82, 2.24) is 9.62 Å². The van der Waals surface area contributed by atoms with Crippen LogP contribution < -0.4 is 15.4 Å². The summed E-state index contributed by atoms with van der Waals surface area (Å²) in [6, 6.07) is 3.98. The van der Waals surface area contributed by atoms with Gasteiger partial charge in [-0.3, -0.25) is 0 Å². The Labute approximate surface area is 142 Å². The Morgan fingerprint density at radius 3 is 2.58 bits per heavy atom. The summed E-state index contributed by atoms with van der Waals surface area (Å²) < 4.78 is 36.7. The van der Waals surface area contributed by atoms with E-state index in [1.807, 2.05) is 0 Å². The lowest BCUT2D eigenvalue weighted by atomic mass is 10.3. The lowest BCUT2D eigenvalue weighted by molar-refractivity contribution is 0.198. The van der Waals surface area contributed by atoms with Gasteiger partial charge in [0, 0.05) is 26.7 Å². The van der Waals surface area contributed by atoms with E-state index in [0.717, 1.165) is 12.8 Å². The predicted molar refractivity (Wildman–Crippen MR) is 89.9 cm³/mol. The van der Waals surface area contributed by atoms with Crippen molar-refractivity contribution in [2.24, 2.45) is 0 Å². The zero-order valence-corrected chi connectivity index (χ0v) is 14.7. The summed E-state index contributed by atoms with van der Waals surface area (Å²) in [5, 5.41) is 5.22. The van der Waals surface area contributed by atoms with Gasteiger partial charge in [-0.15, -0.1) is 0 Å². The average molecular weight is 357 g/mol. The zero-order valence-electron chi connectivity index (χ0n) is 13.9. The molecular formula is C15H23N3O5S. The molecule has 1 saturated heterocycles. The molecule has 134 valence electrons. The maximum atomic E-state index is 12.6. The number of benzene rings is 1. The predicted octanol–water partition coefficient (Wildman–Crippen LogP) is 1.25. The fraction of sp³-hybridized carbons (Fsp3) is 0.533. The molecule has 0 aliphatic carbocycles. The van der Waals surface area contributed by atoms with Crippen molar-refractivity contribution in [2.75, 3.05) is 45.8 Å². The van der Waals surface area contributed by atoms with Crippen LogP contribution in [0.4, 0.5) is 10.5 Å². The highest BCUT2D eigenvalue weighted by Gasteiger charge is 2.28. The first-order valence-corrected chi connectivity index (χ1v) is 9.15. The summed E-state index contributed by atoms with van der Waals surface area (Å²) in [5.41, 5.74) is 0.299. The molecule has 0 bridgehead atoms. The Kier molecular flexibility index (Phi) is 6.41. The van der Waals surface area contributed by atoms with Gasteiger partial charge in [-0.1, -0.05) is 0 Å². The van der Waals surface area contributed by atoms with E-state index in [4.69, 9.17) is 9.47 Å². The van der Waals surface area contributed by atoms with Gasteiger partial charge in [0.25, 0.3) is 0 Å². The van der Waals surface area contributed by atoms with E-state index in [1.165, 1.54) is 36.7 Å². The van der Waals surface area contributed by atoms with E-state index in [9.17, 15) is 13.2 Å². The van der Waals surface area contributed by atoms with Crippen LogP contribution in [0.3, 0.4) is 0 Å². The van der Waals surface area contributed by atoms with Gasteiger partial charge in [0.05, 0.1) is 24.3 Å². The summed E-state index contributed by atoms with van der Waals surface area (Å²) in [7, 11) is -0.563. The number of carbonyl (C=O) groups excluding carboxylic acids is 1. The normalized spacial score (nSPS) is 15.2. The van der Waals surface area contributed by atoms with Crippen LogP contribution in [0, 0.1) is 0 Å². The van der Waals surface area contributed by atoms with Crippen LogP contribution in [0.25, 0.3) is 0 Å². The molecule has 0 saturated carbocycles. The van der Waals surface area contributed by atoms with Crippen molar-refractivity contribution in [3.63, 3.8) is 0 Å². The Morgan fingerprint density at radius 2 is 1.96 bits per heavy atom. The molecule has 1 fully saturated rings. The SMILES string of the molecule is COCCNC(=O)Nc1cc(S(=O)(=O)N2CCCC2)ccc1OC. The molecule has 24 heavy (non-hydrogen) atoms. The van der Waals surface area contributed by atoms with Gasteiger partial charge >= 0.3 is 6.03 Å². The number of ether oxygens (including phenoxy) is 2. The number of carbonyl (C=O) groups is 1. The number of methoxy groups -OCH3 is 2. The third-order valence-corrected chi connectivity index (χ3v) is 5.61. The van der Waals surface area contributed by atoms with E-state index >= 15 is 0 Å². The Balaban J connectivity index is 2.19. The minimum absolute atomic E-state index is 0.136. The number of hydrogen-bond donors (Lipinski definition) is 2. The largest absolute Gasteiger partial charge is 0.495 e. The molecule has 8 nitrogen and oxygen atoms in total. The second-order valence-electron chi connectivity index (χ2n) is 5.35. The van der Waals surface area contributed by atoms with Crippen molar-refractivity contribution in [1.29, 1.82) is 0 Å². The first kappa shape index (κ1) is 18.5. The molecule has 2 N–H and O–H groups in total. The van der Waals surface area contributed by atoms with Crippen LogP contribution in [0.15, 0.2) is 23.1 Å². The topological polar surface area (TPSA) is 97.0 Å². The quantitative estimate of drug-likeness (QED) is 0.716. The van der Waals surface area contributed by atoms with E-state index in [0.29, 0.717) is 37.7 Å². The summed E-state index contributed by atoms with van der Waals surface area (Å²) in [6.45, 7) is 1.77. The number of urea groups is 1. The summed E-state index contributed by atoms with van der Waals surface area (Å²) in [6.07, 6.45) is 1.73. The van der Waals surface area contributed by atoms with E-state index in [-0.39, 0.29) is 4.90 Å². The van der Waals surface area contributed by atoms with Crippen molar-refractivity contribution < 1.29 is 22.7 Å². The van der Waals surface area contributed by atoms with E-state index < -0.39 is 16.1 Å². The smallest absolute Gasteiger partial charge is 0.319 e. The molecule has 1 aliphatic heterocycles. The van der Waals surface area contributed by atoms with Crippen LogP contribution in [-0.4, -0.2) is 59.2 Å². The second kappa shape index (κ2) is 8.32. The summed E-state index contributed by atoms with van der Waals surface area (Å²) in [4.78, 5) is 12.0. The lowest BCUT2D eigenvalue weighted by Gasteiger charge is -2.17. The van der Waals surface area contributed by atoms with Crippen LogP contribution in [0.5, 0.6) is 5.75 Å². The van der Waals surface area contributed by atoms with Crippen LogP contribution >= 0.6 is 0 Å². The van der Waals surface area contributed by atoms with Gasteiger partial charge in [-0.2, -0.15) is 4.31 Å². The summed E-state index contributed by atoms with van der Waals surface area (Å²) >= 11 is 0. The van der Waals surface area contributed by atoms with Crippen molar-refractivity contribution in [3.05, 3.63) is 18.2 Å². The molecule has 0 radical (unpaired) electrons. The monoisotopic (exact) mass is 357 g/mol. The number of nitrogens with zero attached hydrogens (tertiary/aromatic N) is 1. The molecule has 9 heteroatoms. The van der Waals surface area contributed by atoms with Crippen LogP contribution in [0.2, 0.25) is 0 Å². The van der Waals surface area contributed by atoms with E-state index in [1.54, 1.807) is 0 Å². The van der Waals surface area contributed by atoms with Gasteiger partial charge in [0.1, 0.15) is 5.75 Å². The first-order chi connectivity index (χ1) is 11.5. The zero-order chi connectivity index (χ0) is 17.6. The van der Waals surface area contributed by atoms with Gasteiger partial charge in [0.2, 0.25) is 10.0 Å². The minimum atomic E-state index is -3.56. The summed E-state index contributed by atoms with van der Waals surface area (Å²) in [5.74, 6) is 0.386. The number of amides is 2. The van der Waals surface area contributed by atoms with Crippen molar-refractivity contribution >= 4 is 21.7 Å².